The van der Waals surface area contributed by atoms with E-state index in [1.165, 1.54) is 4.57 Å². The third kappa shape index (κ3) is 5.07. The first kappa shape index (κ1) is 24.1. The Morgan fingerprint density at radius 1 is 1.06 bits per heavy atom. The maximum Gasteiger partial charge on any atom is 0.297 e. The number of anilines is 2. The van der Waals surface area contributed by atoms with E-state index in [1.54, 1.807) is 25.2 Å². The summed E-state index contributed by atoms with van der Waals surface area (Å²) in [5.74, 6) is 0.237. The van der Waals surface area contributed by atoms with E-state index in [1.807, 2.05) is 72.6 Å². The highest BCUT2D eigenvalue weighted by atomic mass is 32.1. The summed E-state index contributed by atoms with van der Waals surface area (Å²) in [4.78, 5) is 32.3. The van der Waals surface area contributed by atoms with Crippen LogP contribution in [0.15, 0.2) is 88.6 Å². The predicted octanol–water partition coefficient (Wildman–Crippen LogP) is 4.27. The van der Waals surface area contributed by atoms with Crippen LogP contribution in [0, 0.1) is 0 Å². The van der Waals surface area contributed by atoms with Crippen LogP contribution in [0.4, 0.5) is 11.6 Å². The van der Waals surface area contributed by atoms with Gasteiger partial charge in [-0.2, -0.15) is 0 Å². The molecule has 35 heavy (non-hydrogen) atoms. The number of ether oxygens (including phenoxy) is 1. The van der Waals surface area contributed by atoms with Crippen molar-refractivity contribution in [1.29, 1.82) is 0 Å². The van der Waals surface area contributed by atoms with Gasteiger partial charge in [0.05, 0.1) is 6.04 Å². The molecular weight excluding hydrogens is 460 g/mol. The lowest BCUT2D eigenvalue weighted by atomic mass is 9.98. The van der Waals surface area contributed by atoms with Gasteiger partial charge >= 0.3 is 0 Å². The van der Waals surface area contributed by atoms with Gasteiger partial charge in [-0.25, -0.2) is 4.98 Å². The molecule has 0 amide bonds. The number of aldehydes is 1. The minimum atomic E-state index is -0.453. The number of nitrogens with two attached hydrogens (primary N) is 1. The first-order valence-electron chi connectivity index (χ1n) is 11.0. The van der Waals surface area contributed by atoms with Crippen LogP contribution >= 0.6 is 12.6 Å². The Labute approximate surface area is 209 Å². The molecule has 0 bridgehead atoms. The molecule has 0 aliphatic heterocycles. The van der Waals surface area contributed by atoms with Gasteiger partial charge in [-0.3, -0.25) is 14.2 Å². The van der Waals surface area contributed by atoms with Crippen LogP contribution in [0.3, 0.4) is 0 Å². The van der Waals surface area contributed by atoms with Crippen molar-refractivity contribution in [2.24, 2.45) is 7.05 Å². The number of thiol groups is 1. The van der Waals surface area contributed by atoms with Gasteiger partial charge in [0.1, 0.15) is 6.61 Å². The number of rotatable bonds is 8. The lowest BCUT2D eigenvalue weighted by Crippen LogP contribution is -2.33. The highest BCUT2D eigenvalue weighted by Gasteiger charge is 2.25. The van der Waals surface area contributed by atoms with Crippen molar-refractivity contribution in [3.8, 4) is 5.75 Å². The summed E-state index contributed by atoms with van der Waals surface area (Å²) in [5.41, 5.74) is 8.65. The van der Waals surface area contributed by atoms with E-state index >= 15 is 0 Å². The van der Waals surface area contributed by atoms with Gasteiger partial charge in [-0.15, -0.1) is 12.6 Å². The average molecular weight is 487 g/mol. The summed E-state index contributed by atoms with van der Waals surface area (Å²) < 4.78 is 7.16. The molecule has 0 fully saturated rings. The van der Waals surface area contributed by atoms with Gasteiger partial charge in [0, 0.05) is 24.7 Å². The Morgan fingerprint density at radius 3 is 2.20 bits per heavy atom. The molecule has 0 atom stereocenters. The van der Waals surface area contributed by atoms with Gasteiger partial charge in [-0.05, 0) is 28.8 Å². The molecule has 0 saturated carbocycles. The Hall–Kier alpha value is -4.04. The summed E-state index contributed by atoms with van der Waals surface area (Å²) >= 11 is 4.32. The smallest absolute Gasteiger partial charge is 0.297 e. The van der Waals surface area contributed by atoms with E-state index in [-0.39, 0.29) is 24.1 Å². The van der Waals surface area contributed by atoms with Crippen LogP contribution in [0.1, 0.15) is 33.2 Å². The van der Waals surface area contributed by atoms with Gasteiger partial charge in [0.15, 0.2) is 12.0 Å². The van der Waals surface area contributed by atoms with Crippen molar-refractivity contribution >= 4 is 30.6 Å². The third-order valence-electron chi connectivity index (χ3n) is 5.78. The number of carbonyl (C=O) groups excluding carboxylic acids is 1. The SMILES string of the molecule is CN(c1nc(C=O)c(OCc2ccc(N)c(S)c2)c(=O)n1C)C(c1ccccc1)c1ccccc1. The van der Waals surface area contributed by atoms with Crippen molar-refractivity contribution in [2.45, 2.75) is 17.5 Å². The molecule has 1 aromatic heterocycles. The normalized spacial score (nSPS) is 10.9. The Bertz CT molecular complexity index is 1350. The first-order chi connectivity index (χ1) is 16.9. The van der Waals surface area contributed by atoms with Gasteiger partial charge in [0.25, 0.3) is 5.56 Å². The topological polar surface area (TPSA) is 90.5 Å². The second-order valence-electron chi connectivity index (χ2n) is 8.12. The maximum atomic E-state index is 13.3. The molecule has 0 unspecified atom stereocenters. The fourth-order valence-corrected chi connectivity index (χ4v) is 4.22. The number of hydrogen-bond acceptors (Lipinski definition) is 7. The number of nitrogen functional groups attached to an aromatic ring is 1. The Morgan fingerprint density at radius 2 is 1.66 bits per heavy atom. The molecule has 8 heteroatoms. The lowest BCUT2D eigenvalue weighted by molar-refractivity contribution is 0.111. The van der Waals surface area contributed by atoms with Crippen LogP contribution < -0.4 is 20.9 Å². The third-order valence-corrected chi connectivity index (χ3v) is 6.16. The molecule has 0 spiro atoms. The van der Waals surface area contributed by atoms with Crippen LogP contribution in [-0.4, -0.2) is 22.9 Å². The average Bonchev–Trinajstić information content (AvgIpc) is 2.88. The number of benzene rings is 3. The van der Waals surface area contributed by atoms with E-state index in [0.717, 1.165) is 16.7 Å². The lowest BCUT2D eigenvalue weighted by Gasteiger charge is -2.31. The molecule has 7 nitrogen and oxygen atoms in total. The van der Waals surface area contributed by atoms with Crippen LogP contribution in [0.25, 0.3) is 0 Å². The fraction of sp³-hybridized carbons (Fsp3) is 0.148. The zero-order valence-corrected chi connectivity index (χ0v) is 20.4. The molecule has 3 aromatic carbocycles. The molecule has 4 aromatic rings. The number of aromatic nitrogens is 2. The van der Waals surface area contributed by atoms with Crippen molar-refractivity contribution in [3.63, 3.8) is 0 Å². The van der Waals surface area contributed by atoms with Crippen LogP contribution in [0.2, 0.25) is 0 Å². The molecule has 178 valence electrons. The zero-order valence-electron chi connectivity index (χ0n) is 19.5. The standard InChI is InChI=1S/C27H26N4O3S/c1-30(24(19-9-5-3-6-10-19)20-11-7-4-8-12-20)27-29-22(16-32)25(26(33)31(27)2)34-17-18-13-14-21(28)23(35)15-18/h3-16,24,35H,17,28H2,1-2H3. The maximum absolute atomic E-state index is 13.3. The fourth-order valence-electron chi connectivity index (χ4n) is 3.98. The van der Waals surface area contributed by atoms with Crippen LogP contribution in [-0.2, 0) is 13.7 Å². The molecule has 0 saturated heterocycles. The van der Waals surface area contributed by atoms with E-state index in [0.29, 0.717) is 22.8 Å². The summed E-state index contributed by atoms with van der Waals surface area (Å²) in [5, 5.41) is 0. The van der Waals surface area contributed by atoms with Gasteiger partial charge in [0.2, 0.25) is 11.7 Å². The molecular formula is C27H26N4O3S. The molecule has 0 radical (unpaired) electrons. The van der Waals surface area contributed by atoms with Gasteiger partial charge < -0.3 is 15.4 Å². The monoisotopic (exact) mass is 486 g/mol. The van der Waals surface area contributed by atoms with E-state index < -0.39 is 5.56 Å². The summed E-state index contributed by atoms with van der Waals surface area (Å²) in [6, 6.07) is 24.9. The number of carbonyl (C=O) groups is 1. The largest absolute Gasteiger partial charge is 0.481 e. The summed E-state index contributed by atoms with van der Waals surface area (Å²) in [6.45, 7) is 0.0669. The molecule has 0 aliphatic rings. The second-order valence-corrected chi connectivity index (χ2v) is 8.61. The predicted molar refractivity (Wildman–Crippen MR) is 140 cm³/mol. The van der Waals surface area contributed by atoms with E-state index in [2.05, 4.69) is 17.6 Å². The Balaban J connectivity index is 1.72. The zero-order chi connectivity index (χ0) is 24.9. The first-order valence-corrected chi connectivity index (χ1v) is 11.4. The molecule has 1 heterocycles. The minimum Gasteiger partial charge on any atom is -0.481 e. The highest BCUT2D eigenvalue weighted by molar-refractivity contribution is 7.80. The molecule has 4 rings (SSSR count). The Kier molecular flexibility index (Phi) is 7.22. The van der Waals surface area contributed by atoms with Gasteiger partial charge in [-0.1, -0.05) is 66.7 Å². The van der Waals surface area contributed by atoms with Crippen molar-refractivity contribution < 1.29 is 9.53 Å². The van der Waals surface area contributed by atoms with Crippen molar-refractivity contribution in [1.82, 2.24) is 9.55 Å². The second kappa shape index (κ2) is 10.5. The van der Waals surface area contributed by atoms with Crippen molar-refractivity contribution in [3.05, 3.63) is 112 Å². The highest BCUT2D eigenvalue weighted by Crippen LogP contribution is 2.31. The van der Waals surface area contributed by atoms with Crippen molar-refractivity contribution in [2.75, 3.05) is 17.7 Å². The summed E-state index contributed by atoms with van der Waals surface area (Å²) in [7, 11) is 3.47. The summed E-state index contributed by atoms with van der Waals surface area (Å²) in [6.07, 6.45) is 0.543. The molecule has 2 N–H and O–H groups in total. The van der Waals surface area contributed by atoms with E-state index in [9.17, 15) is 9.59 Å². The number of hydrogen-bond donors (Lipinski definition) is 2. The molecule has 0 aliphatic carbocycles. The minimum absolute atomic E-state index is 0.0589. The number of nitrogens with zero attached hydrogens (tertiary/aromatic N) is 3. The quantitative estimate of drug-likeness (QED) is 0.220. The van der Waals surface area contributed by atoms with E-state index in [4.69, 9.17) is 10.5 Å². The van der Waals surface area contributed by atoms with Crippen LogP contribution in [0.5, 0.6) is 5.75 Å².